The number of hydrogen-bond acceptors (Lipinski definition) is 8. The van der Waals surface area contributed by atoms with Crippen molar-refractivity contribution in [3.05, 3.63) is 80.2 Å². The fourth-order valence-corrected chi connectivity index (χ4v) is 6.45. The fraction of sp³-hybridized carbons (Fsp3) is 0.452. The number of rotatable bonds is 17. The highest BCUT2D eigenvalue weighted by molar-refractivity contribution is 9.11. The van der Waals surface area contributed by atoms with Gasteiger partial charge in [0.2, 0.25) is 0 Å². The standard InChI is InChI=1S/C31H41BrN2O6SSi/c1-6-39-31(36)27-29(32)41-26(33-27)21-34(18-10-13-23-11-8-7-9-12-23)30(35)28(24-14-16-25(37-2)17-15-24)40-22-38-19-20-42(3,4)5/h7-9,11-12,14-17,28H,6,10,13,18-22H2,1-5H3/t28-/m1/s1. The van der Waals surface area contributed by atoms with Crippen molar-refractivity contribution in [1.82, 2.24) is 9.88 Å². The van der Waals surface area contributed by atoms with Crippen LogP contribution in [0.5, 0.6) is 5.75 Å². The molecule has 0 saturated carbocycles. The molecule has 228 valence electrons. The minimum absolute atomic E-state index is 0.000573. The SMILES string of the molecule is CCOC(=O)c1nc(CN(CCCc2ccccc2)C(=O)[C@H](OCOCC[Si](C)(C)C)c2ccc(OC)cc2)sc1Br. The summed E-state index contributed by atoms with van der Waals surface area (Å²) in [5, 5.41) is 0.623. The van der Waals surface area contributed by atoms with Crippen LogP contribution in [-0.2, 0) is 32.0 Å². The highest BCUT2D eigenvalue weighted by atomic mass is 79.9. The van der Waals surface area contributed by atoms with Gasteiger partial charge in [-0.25, -0.2) is 9.78 Å². The van der Waals surface area contributed by atoms with Gasteiger partial charge in [0.15, 0.2) is 11.8 Å². The van der Waals surface area contributed by atoms with Gasteiger partial charge in [0.05, 0.1) is 20.3 Å². The number of hydrogen-bond donors (Lipinski definition) is 0. The summed E-state index contributed by atoms with van der Waals surface area (Å²) in [5.41, 5.74) is 2.12. The van der Waals surface area contributed by atoms with E-state index in [0.29, 0.717) is 33.3 Å². The lowest BCUT2D eigenvalue weighted by molar-refractivity contribution is -0.155. The summed E-state index contributed by atoms with van der Waals surface area (Å²) in [4.78, 5) is 32.8. The van der Waals surface area contributed by atoms with Gasteiger partial charge in [-0.1, -0.05) is 62.1 Å². The highest BCUT2D eigenvalue weighted by Crippen LogP contribution is 2.29. The Morgan fingerprint density at radius 2 is 1.79 bits per heavy atom. The number of amides is 1. The van der Waals surface area contributed by atoms with E-state index in [0.717, 1.165) is 18.9 Å². The lowest BCUT2D eigenvalue weighted by atomic mass is 10.1. The molecule has 3 rings (SSSR count). The van der Waals surface area contributed by atoms with Crippen molar-refractivity contribution in [2.75, 3.05) is 33.7 Å². The average molecular weight is 678 g/mol. The zero-order valence-electron chi connectivity index (χ0n) is 25.1. The Morgan fingerprint density at radius 1 is 1.07 bits per heavy atom. The van der Waals surface area contributed by atoms with Crippen LogP contribution in [0.1, 0.15) is 46.1 Å². The summed E-state index contributed by atoms with van der Waals surface area (Å²) in [6.07, 6.45) is 0.677. The molecule has 1 amide bonds. The number of halogens is 1. The lowest BCUT2D eigenvalue weighted by Gasteiger charge is -2.27. The molecule has 2 aromatic carbocycles. The third kappa shape index (κ3) is 10.9. The Bertz CT molecular complexity index is 1270. The second-order valence-electron chi connectivity index (χ2n) is 11.0. The first-order chi connectivity index (χ1) is 20.1. The molecule has 1 aromatic heterocycles. The molecule has 0 unspecified atom stereocenters. The molecule has 42 heavy (non-hydrogen) atoms. The first-order valence-corrected chi connectivity index (χ1v) is 19.4. The second-order valence-corrected chi connectivity index (χ2v) is 19.0. The molecule has 0 aliphatic carbocycles. The Kier molecular flexibility index (Phi) is 13.7. The van der Waals surface area contributed by atoms with Gasteiger partial charge in [-0.2, -0.15) is 0 Å². The van der Waals surface area contributed by atoms with E-state index in [9.17, 15) is 9.59 Å². The van der Waals surface area contributed by atoms with Crippen LogP contribution in [0.3, 0.4) is 0 Å². The van der Waals surface area contributed by atoms with E-state index in [1.54, 1.807) is 18.9 Å². The molecule has 0 spiro atoms. The van der Waals surface area contributed by atoms with Gasteiger partial charge >= 0.3 is 5.97 Å². The maximum Gasteiger partial charge on any atom is 0.359 e. The average Bonchev–Trinajstić information content (AvgIpc) is 3.34. The number of methoxy groups -OCH3 is 1. The summed E-state index contributed by atoms with van der Waals surface area (Å²) in [5.74, 6) is -0.00930. The van der Waals surface area contributed by atoms with Crippen molar-refractivity contribution < 1.29 is 28.5 Å². The Balaban J connectivity index is 1.83. The maximum absolute atomic E-state index is 14.2. The zero-order chi connectivity index (χ0) is 30.5. The molecule has 0 bridgehead atoms. The Labute approximate surface area is 262 Å². The van der Waals surface area contributed by atoms with Gasteiger partial charge in [-0.15, -0.1) is 11.3 Å². The molecular weight excluding hydrogens is 636 g/mol. The van der Waals surface area contributed by atoms with Gasteiger partial charge in [0, 0.05) is 21.2 Å². The largest absolute Gasteiger partial charge is 0.497 e. The number of benzene rings is 2. The van der Waals surface area contributed by atoms with Crippen LogP contribution in [0.4, 0.5) is 0 Å². The molecule has 0 fully saturated rings. The van der Waals surface area contributed by atoms with E-state index in [1.165, 1.54) is 16.9 Å². The highest BCUT2D eigenvalue weighted by Gasteiger charge is 2.29. The lowest BCUT2D eigenvalue weighted by Crippen LogP contribution is -2.37. The van der Waals surface area contributed by atoms with Crippen molar-refractivity contribution in [3.8, 4) is 5.75 Å². The van der Waals surface area contributed by atoms with Crippen molar-refractivity contribution >= 4 is 47.2 Å². The summed E-state index contributed by atoms with van der Waals surface area (Å²) < 4.78 is 23.0. The second kappa shape index (κ2) is 16.9. The van der Waals surface area contributed by atoms with E-state index in [1.807, 2.05) is 42.5 Å². The normalized spacial score (nSPS) is 12.1. The van der Waals surface area contributed by atoms with Crippen LogP contribution in [0.15, 0.2) is 58.4 Å². The molecule has 11 heteroatoms. The van der Waals surface area contributed by atoms with E-state index >= 15 is 0 Å². The topological polar surface area (TPSA) is 87.2 Å². The van der Waals surface area contributed by atoms with Crippen LogP contribution in [0.2, 0.25) is 25.7 Å². The minimum Gasteiger partial charge on any atom is -0.497 e. The molecule has 0 radical (unpaired) electrons. The quantitative estimate of drug-likeness (QED) is 0.0651. The number of carbonyl (C=O) groups is 2. The zero-order valence-corrected chi connectivity index (χ0v) is 28.5. The molecule has 0 N–H and O–H groups in total. The van der Waals surface area contributed by atoms with E-state index in [4.69, 9.17) is 18.9 Å². The van der Waals surface area contributed by atoms with Gasteiger partial charge in [-0.05, 0) is 65.0 Å². The third-order valence-corrected chi connectivity index (χ3v) is 9.82. The van der Waals surface area contributed by atoms with E-state index in [-0.39, 0.29) is 31.5 Å². The van der Waals surface area contributed by atoms with E-state index in [2.05, 4.69) is 52.7 Å². The summed E-state index contributed by atoms with van der Waals surface area (Å²) in [6.45, 7) is 10.2. The molecular formula is C31H41BrN2O6SSi. The van der Waals surface area contributed by atoms with Crippen LogP contribution >= 0.6 is 27.3 Å². The van der Waals surface area contributed by atoms with Crippen molar-refractivity contribution in [2.24, 2.45) is 0 Å². The van der Waals surface area contributed by atoms with Crippen molar-refractivity contribution in [1.29, 1.82) is 0 Å². The molecule has 1 atom stereocenters. The predicted molar refractivity (Wildman–Crippen MR) is 172 cm³/mol. The van der Waals surface area contributed by atoms with Crippen molar-refractivity contribution in [2.45, 2.75) is 58.1 Å². The van der Waals surface area contributed by atoms with Gasteiger partial charge in [0.25, 0.3) is 5.91 Å². The maximum atomic E-state index is 14.2. The molecule has 1 heterocycles. The minimum atomic E-state index is -1.26. The molecule has 0 saturated heterocycles. The smallest absolute Gasteiger partial charge is 0.359 e. The van der Waals surface area contributed by atoms with Gasteiger partial charge in [-0.3, -0.25) is 4.79 Å². The Morgan fingerprint density at radius 3 is 2.43 bits per heavy atom. The molecule has 0 aliphatic heterocycles. The number of aromatic nitrogens is 1. The van der Waals surface area contributed by atoms with Crippen LogP contribution in [0, 0.1) is 0 Å². The number of nitrogens with zero attached hydrogens (tertiary/aromatic N) is 2. The number of thiazole rings is 1. The van der Waals surface area contributed by atoms with Crippen LogP contribution < -0.4 is 4.74 Å². The van der Waals surface area contributed by atoms with Gasteiger partial charge in [0.1, 0.15) is 21.3 Å². The number of carbonyl (C=O) groups excluding carboxylic acids is 2. The first-order valence-electron chi connectivity index (χ1n) is 14.1. The third-order valence-electron chi connectivity index (χ3n) is 6.43. The molecule has 0 aliphatic rings. The van der Waals surface area contributed by atoms with E-state index < -0.39 is 20.1 Å². The summed E-state index contributed by atoms with van der Waals surface area (Å²) >= 11 is 4.76. The first kappa shape index (κ1) is 33.9. The van der Waals surface area contributed by atoms with Crippen LogP contribution in [-0.4, -0.2) is 63.5 Å². The number of ether oxygens (including phenoxy) is 4. The fourth-order valence-electron chi connectivity index (χ4n) is 4.09. The Hall–Kier alpha value is -2.57. The van der Waals surface area contributed by atoms with Crippen molar-refractivity contribution in [3.63, 3.8) is 0 Å². The van der Waals surface area contributed by atoms with Crippen LogP contribution in [0.25, 0.3) is 0 Å². The summed E-state index contributed by atoms with van der Waals surface area (Å²) in [7, 11) is 0.340. The monoisotopic (exact) mass is 676 g/mol. The predicted octanol–water partition coefficient (Wildman–Crippen LogP) is 7.12. The molecule has 8 nitrogen and oxygen atoms in total. The van der Waals surface area contributed by atoms with Gasteiger partial charge < -0.3 is 23.8 Å². The molecule has 3 aromatic rings. The summed E-state index contributed by atoms with van der Waals surface area (Å²) in [6, 6.07) is 18.5. The number of esters is 1. The number of aryl methyl sites for hydroxylation is 1.